The Morgan fingerprint density at radius 2 is 1.93 bits per heavy atom. The SMILES string of the molecule is COC(=O)C1=C2Nc3ccccc3[C@@]23CCN([C@@H](C)c2ccccc2)[C@H]3CC1. The second-order valence-electron chi connectivity index (χ2n) is 8.12. The maximum Gasteiger partial charge on any atom is 0.335 e. The minimum absolute atomic E-state index is 0.137. The molecule has 0 unspecified atom stereocenters. The first kappa shape index (κ1) is 17.5. The Kier molecular flexibility index (Phi) is 4.06. The number of fused-ring (bicyclic) bond motifs is 1. The van der Waals surface area contributed by atoms with Crippen molar-refractivity contribution < 1.29 is 9.53 Å². The highest BCUT2D eigenvalue weighted by Crippen LogP contribution is 2.58. The lowest BCUT2D eigenvalue weighted by atomic mass is 9.67. The Balaban J connectivity index is 1.62. The molecule has 2 heterocycles. The van der Waals surface area contributed by atoms with Crippen LogP contribution in [0.2, 0.25) is 0 Å². The summed E-state index contributed by atoms with van der Waals surface area (Å²) in [6.07, 6.45) is 2.75. The Morgan fingerprint density at radius 3 is 2.71 bits per heavy atom. The van der Waals surface area contributed by atoms with Gasteiger partial charge in [-0.2, -0.15) is 0 Å². The number of esters is 1. The monoisotopic (exact) mass is 374 g/mol. The van der Waals surface area contributed by atoms with Crippen LogP contribution in [0, 0.1) is 0 Å². The molecule has 2 aromatic carbocycles. The number of carbonyl (C=O) groups is 1. The van der Waals surface area contributed by atoms with E-state index in [1.54, 1.807) is 0 Å². The van der Waals surface area contributed by atoms with Crippen molar-refractivity contribution >= 4 is 11.7 Å². The number of benzene rings is 2. The van der Waals surface area contributed by atoms with E-state index in [1.165, 1.54) is 18.2 Å². The number of para-hydroxylation sites is 1. The molecule has 1 aliphatic carbocycles. The van der Waals surface area contributed by atoms with Crippen LogP contribution in [-0.2, 0) is 14.9 Å². The molecule has 1 saturated heterocycles. The van der Waals surface area contributed by atoms with Crippen molar-refractivity contribution in [3.63, 3.8) is 0 Å². The molecule has 0 saturated carbocycles. The molecule has 1 N–H and O–H groups in total. The van der Waals surface area contributed by atoms with Crippen LogP contribution in [0.4, 0.5) is 5.69 Å². The topological polar surface area (TPSA) is 41.6 Å². The van der Waals surface area contributed by atoms with Gasteiger partial charge in [0.15, 0.2) is 0 Å². The van der Waals surface area contributed by atoms with Crippen LogP contribution in [0.15, 0.2) is 65.9 Å². The molecule has 0 radical (unpaired) electrons. The zero-order valence-corrected chi connectivity index (χ0v) is 16.4. The summed E-state index contributed by atoms with van der Waals surface area (Å²) in [4.78, 5) is 15.2. The van der Waals surface area contributed by atoms with Gasteiger partial charge in [0.2, 0.25) is 0 Å². The molecule has 4 heteroatoms. The van der Waals surface area contributed by atoms with Gasteiger partial charge in [0, 0.05) is 30.0 Å². The van der Waals surface area contributed by atoms with E-state index in [2.05, 4.69) is 71.7 Å². The van der Waals surface area contributed by atoms with Gasteiger partial charge in [-0.05, 0) is 43.4 Å². The maximum absolute atomic E-state index is 12.5. The van der Waals surface area contributed by atoms with Gasteiger partial charge in [-0.25, -0.2) is 4.79 Å². The molecule has 5 rings (SSSR count). The van der Waals surface area contributed by atoms with Crippen LogP contribution >= 0.6 is 0 Å². The second kappa shape index (κ2) is 6.49. The molecule has 0 aromatic heterocycles. The van der Waals surface area contributed by atoms with E-state index in [4.69, 9.17) is 4.74 Å². The highest BCUT2D eigenvalue weighted by atomic mass is 16.5. The summed E-state index contributed by atoms with van der Waals surface area (Å²) in [6.45, 7) is 3.33. The summed E-state index contributed by atoms with van der Waals surface area (Å²) in [5, 5.41) is 3.62. The number of ether oxygens (including phenoxy) is 1. The van der Waals surface area contributed by atoms with Crippen molar-refractivity contribution in [2.75, 3.05) is 19.0 Å². The highest BCUT2D eigenvalue weighted by molar-refractivity contribution is 5.92. The van der Waals surface area contributed by atoms with Crippen LogP contribution in [0.1, 0.15) is 43.4 Å². The summed E-state index contributed by atoms with van der Waals surface area (Å²) < 4.78 is 5.14. The standard InChI is InChI=1S/C24H26N2O2/c1-16(17-8-4-3-5-9-17)26-15-14-24-19-10-6-7-11-20(19)25-22(24)18(23(27)28-2)12-13-21(24)26/h3-11,16,21,25H,12-15H2,1-2H3/t16-,21-,24+/m0/s1. The first-order valence-electron chi connectivity index (χ1n) is 10.2. The molecular weight excluding hydrogens is 348 g/mol. The molecule has 3 aliphatic rings. The molecule has 28 heavy (non-hydrogen) atoms. The molecule has 1 fully saturated rings. The van der Waals surface area contributed by atoms with Crippen molar-refractivity contribution in [2.45, 2.75) is 43.7 Å². The lowest BCUT2D eigenvalue weighted by molar-refractivity contribution is -0.136. The van der Waals surface area contributed by atoms with Crippen LogP contribution in [0.3, 0.4) is 0 Å². The largest absolute Gasteiger partial charge is 0.466 e. The number of carbonyl (C=O) groups excluding carboxylic acids is 1. The lowest BCUT2D eigenvalue weighted by Crippen LogP contribution is -2.47. The summed E-state index contributed by atoms with van der Waals surface area (Å²) in [5.74, 6) is -0.192. The van der Waals surface area contributed by atoms with E-state index in [9.17, 15) is 4.79 Å². The first-order chi connectivity index (χ1) is 13.7. The molecular formula is C24H26N2O2. The van der Waals surface area contributed by atoms with Gasteiger partial charge in [-0.15, -0.1) is 0 Å². The van der Waals surface area contributed by atoms with Crippen LogP contribution in [-0.4, -0.2) is 30.6 Å². The van der Waals surface area contributed by atoms with E-state index in [-0.39, 0.29) is 11.4 Å². The van der Waals surface area contributed by atoms with Gasteiger partial charge in [0.25, 0.3) is 0 Å². The second-order valence-corrected chi connectivity index (χ2v) is 8.12. The van der Waals surface area contributed by atoms with Gasteiger partial charge in [-0.3, -0.25) is 4.90 Å². The van der Waals surface area contributed by atoms with E-state index >= 15 is 0 Å². The van der Waals surface area contributed by atoms with Crippen molar-refractivity contribution in [1.82, 2.24) is 4.90 Å². The number of nitrogens with zero attached hydrogens (tertiary/aromatic N) is 1. The molecule has 0 bridgehead atoms. The zero-order valence-electron chi connectivity index (χ0n) is 16.4. The van der Waals surface area contributed by atoms with Crippen molar-refractivity contribution in [3.05, 3.63) is 77.0 Å². The number of likely N-dealkylation sites (tertiary alicyclic amines) is 1. The third-order valence-corrected chi connectivity index (χ3v) is 7.03. The third-order valence-electron chi connectivity index (χ3n) is 7.03. The van der Waals surface area contributed by atoms with Gasteiger partial charge in [0.1, 0.15) is 0 Å². The summed E-state index contributed by atoms with van der Waals surface area (Å²) >= 11 is 0. The number of hydrogen-bond acceptors (Lipinski definition) is 4. The predicted molar refractivity (Wildman–Crippen MR) is 110 cm³/mol. The maximum atomic E-state index is 12.5. The van der Waals surface area contributed by atoms with Gasteiger partial charge < -0.3 is 10.1 Å². The zero-order chi connectivity index (χ0) is 19.3. The molecule has 144 valence electrons. The van der Waals surface area contributed by atoms with Gasteiger partial charge in [-0.1, -0.05) is 48.5 Å². The minimum atomic E-state index is -0.192. The minimum Gasteiger partial charge on any atom is -0.466 e. The highest BCUT2D eigenvalue weighted by Gasteiger charge is 2.58. The fourth-order valence-corrected chi connectivity index (χ4v) is 5.76. The summed E-state index contributed by atoms with van der Waals surface area (Å²) in [7, 11) is 1.48. The molecule has 2 aromatic rings. The van der Waals surface area contributed by atoms with Gasteiger partial charge >= 0.3 is 5.97 Å². The van der Waals surface area contributed by atoms with Crippen molar-refractivity contribution in [3.8, 4) is 0 Å². The van der Waals surface area contributed by atoms with Crippen LogP contribution in [0.25, 0.3) is 0 Å². The molecule has 2 aliphatic heterocycles. The van der Waals surface area contributed by atoms with E-state index in [1.807, 2.05) is 0 Å². The van der Waals surface area contributed by atoms with Crippen LogP contribution < -0.4 is 5.32 Å². The Labute approximate surface area is 166 Å². The van der Waals surface area contributed by atoms with Gasteiger partial charge in [0.05, 0.1) is 18.1 Å². The summed E-state index contributed by atoms with van der Waals surface area (Å²) in [6, 6.07) is 20.0. The molecule has 0 amide bonds. The molecule has 1 spiro atoms. The lowest BCUT2D eigenvalue weighted by Gasteiger charge is -2.42. The fraction of sp³-hybridized carbons (Fsp3) is 0.375. The fourth-order valence-electron chi connectivity index (χ4n) is 5.76. The Morgan fingerprint density at radius 1 is 1.18 bits per heavy atom. The number of nitrogens with one attached hydrogen (secondary N) is 1. The Bertz CT molecular complexity index is 952. The predicted octanol–water partition coefficient (Wildman–Crippen LogP) is 4.41. The van der Waals surface area contributed by atoms with E-state index in [0.29, 0.717) is 12.1 Å². The Hall–Kier alpha value is -2.59. The summed E-state index contributed by atoms with van der Waals surface area (Å²) in [5.41, 5.74) is 5.59. The quantitative estimate of drug-likeness (QED) is 0.808. The van der Waals surface area contributed by atoms with Crippen LogP contribution in [0.5, 0.6) is 0 Å². The average molecular weight is 374 g/mol. The average Bonchev–Trinajstić information content (AvgIpc) is 3.30. The molecule has 4 nitrogen and oxygen atoms in total. The van der Waals surface area contributed by atoms with E-state index in [0.717, 1.165) is 42.8 Å². The van der Waals surface area contributed by atoms with Crippen molar-refractivity contribution in [1.29, 1.82) is 0 Å². The number of hydrogen-bond donors (Lipinski definition) is 1. The van der Waals surface area contributed by atoms with E-state index < -0.39 is 0 Å². The smallest absolute Gasteiger partial charge is 0.335 e. The third kappa shape index (κ3) is 2.31. The number of anilines is 1. The van der Waals surface area contributed by atoms with Crippen molar-refractivity contribution in [2.24, 2.45) is 0 Å². The number of rotatable bonds is 3. The molecule has 3 atom stereocenters. The normalized spacial score (nSPS) is 26.9. The number of methoxy groups -OCH3 is 1. The first-order valence-corrected chi connectivity index (χ1v) is 10.2.